The molecule has 13 N–H and O–H groups in total. The zero-order valence-electron chi connectivity index (χ0n) is 32.9. The molecule has 0 aliphatic carbocycles. The number of carboxylic acid groups (broad SMARTS) is 1. The molecule has 1 rings (SSSR count). The first kappa shape index (κ1) is 48.2. The molecule has 18 nitrogen and oxygen atoms in total. The average molecular weight is 779 g/mol. The van der Waals surface area contributed by atoms with Crippen LogP contribution in [0.15, 0.2) is 24.3 Å². The Morgan fingerprint density at radius 2 is 1.20 bits per heavy atom. The highest BCUT2D eigenvalue weighted by Gasteiger charge is 2.34. The Kier molecular flexibility index (Phi) is 20.9. The van der Waals surface area contributed by atoms with Crippen molar-refractivity contribution in [3.63, 3.8) is 0 Å². The molecule has 55 heavy (non-hydrogen) atoms. The number of amides is 6. The van der Waals surface area contributed by atoms with E-state index < -0.39 is 89.8 Å². The van der Waals surface area contributed by atoms with E-state index in [0.717, 1.165) is 0 Å². The quantitative estimate of drug-likeness (QED) is 0.0558. The monoisotopic (exact) mass is 778 g/mol. The van der Waals surface area contributed by atoms with E-state index in [-0.39, 0.29) is 36.8 Å². The van der Waals surface area contributed by atoms with E-state index in [2.05, 4.69) is 31.9 Å². The maximum absolute atomic E-state index is 13.9. The molecule has 0 radical (unpaired) electrons. The minimum Gasteiger partial charge on any atom is -0.508 e. The summed E-state index contributed by atoms with van der Waals surface area (Å²) in [4.78, 5) is 91.5. The van der Waals surface area contributed by atoms with Gasteiger partial charge in [0, 0.05) is 6.42 Å². The molecule has 0 bridgehead atoms. The summed E-state index contributed by atoms with van der Waals surface area (Å²) in [5.41, 5.74) is 11.9. The number of aliphatic hydroxyl groups excluding tert-OH is 1. The van der Waals surface area contributed by atoms with Gasteiger partial charge < -0.3 is 58.7 Å². The number of nitrogens with one attached hydrogen (secondary N) is 6. The van der Waals surface area contributed by atoms with Crippen LogP contribution in [-0.2, 0) is 40.0 Å². The first-order chi connectivity index (χ1) is 25.7. The zero-order valence-corrected chi connectivity index (χ0v) is 32.9. The van der Waals surface area contributed by atoms with Crippen LogP contribution in [-0.4, -0.2) is 112 Å². The molecular formula is C37H62N8O10. The number of aliphatic hydroxyl groups is 1. The summed E-state index contributed by atoms with van der Waals surface area (Å²) < 4.78 is 0. The smallest absolute Gasteiger partial charge is 0.326 e. The van der Waals surface area contributed by atoms with Gasteiger partial charge in [0.1, 0.15) is 42.0 Å². The number of carbonyl (C=O) groups excluding carboxylic acids is 6. The normalized spacial score (nSPS) is 16.1. The zero-order chi connectivity index (χ0) is 42.0. The Labute approximate surface area is 322 Å². The highest BCUT2D eigenvalue weighted by molar-refractivity contribution is 5.97. The lowest BCUT2D eigenvalue weighted by Gasteiger charge is -2.28. The summed E-state index contributed by atoms with van der Waals surface area (Å²) in [6.07, 6.45) is 0.0988. The number of rotatable bonds is 24. The fourth-order valence-corrected chi connectivity index (χ4v) is 5.38. The van der Waals surface area contributed by atoms with Crippen molar-refractivity contribution in [2.45, 2.75) is 135 Å². The fraction of sp³-hybridized carbons (Fsp3) is 0.649. The van der Waals surface area contributed by atoms with Crippen LogP contribution in [0.5, 0.6) is 5.75 Å². The van der Waals surface area contributed by atoms with Crippen molar-refractivity contribution < 1.29 is 48.9 Å². The summed E-state index contributed by atoms with van der Waals surface area (Å²) in [7, 11) is 0. The van der Waals surface area contributed by atoms with Crippen LogP contribution in [0.25, 0.3) is 0 Å². The lowest BCUT2D eigenvalue weighted by Crippen LogP contribution is -2.61. The van der Waals surface area contributed by atoms with E-state index in [1.54, 1.807) is 32.9 Å². The van der Waals surface area contributed by atoms with Gasteiger partial charge in [-0.15, -0.1) is 0 Å². The van der Waals surface area contributed by atoms with Crippen molar-refractivity contribution in [1.82, 2.24) is 31.9 Å². The van der Waals surface area contributed by atoms with E-state index >= 15 is 0 Å². The van der Waals surface area contributed by atoms with Crippen LogP contribution < -0.4 is 43.4 Å². The highest BCUT2D eigenvalue weighted by Crippen LogP contribution is 2.14. The van der Waals surface area contributed by atoms with Gasteiger partial charge in [0.05, 0.1) is 12.1 Å². The molecule has 18 heteroatoms. The number of aromatic hydroxyl groups is 1. The van der Waals surface area contributed by atoms with Crippen LogP contribution in [0.4, 0.5) is 0 Å². The molecule has 0 heterocycles. The second-order valence-electron chi connectivity index (χ2n) is 14.4. The lowest BCUT2D eigenvalue weighted by molar-refractivity contribution is -0.143. The topological polar surface area (TPSA) is 304 Å². The highest BCUT2D eigenvalue weighted by atomic mass is 16.4. The van der Waals surface area contributed by atoms with Crippen molar-refractivity contribution in [3.05, 3.63) is 29.8 Å². The molecule has 0 aliphatic rings. The van der Waals surface area contributed by atoms with Crippen molar-refractivity contribution >= 4 is 41.4 Å². The second-order valence-corrected chi connectivity index (χ2v) is 14.4. The van der Waals surface area contributed by atoms with Crippen LogP contribution in [0.1, 0.15) is 86.1 Å². The van der Waals surface area contributed by atoms with Gasteiger partial charge in [-0.3, -0.25) is 28.8 Å². The molecule has 9 atom stereocenters. The summed E-state index contributed by atoms with van der Waals surface area (Å²) in [5, 5.41) is 44.8. The summed E-state index contributed by atoms with van der Waals surface area (Å²) in [6.45, 7) is 11.5. The summed E-state index contributed by atoms with van der Waals surface area (Å²) >= 11 is 0. The molecule has 6 amide bonds. The van der Waals surface area contributed by atoms with Crippen LogP contribution >= 0.6 is 0 Å². The van der Waals surface area contributed by atoms with Gasteiger partial charge in [0.15, 0.2) is 0 Å². The second kappa shape index (κ2) is 23.9. The van der Waals surface area contributed by atoms with Crippen molar-refractivity contribution in [2.75, 3.05) is 6.54 Å². The molecule has 0 spiro atoms. The van der Waals surface area contributed by atoms with Gasteiger partial charge in [0.2, 0.25) is 35.4 Å². The largest absolute Gasteiger partial charge is 0.508 e. The van der Waals surface area contributed by atoms with Crippen LogP contribution in [0.2, 0.25) is 0 Å². The van der Waals surface area contributed by atoms with Gasteiger partial charge >= 0.3 is 5.97 Å². The Hall–Kier alpha value is -4.81. The third-order valence-electron chi connectivity index (χ3n) is 8.93. The molecule has 0 aromatic heterocycles. The molecule has 0 aliphatic heterocycles. The van der Waals surface area contributed by atoms with Crippen molar-refractivity contribution in [3.8, 4) is 5.75 Å². The standard InChI is InChI=1S/C37H62N8O10/c1-8-20(4)29(44-31(48)21(5)39)35(52)42-27(18-24-12-14-25(47)15-13-24)34(51)41-26(11-9-10-16-38)33(50)40-22(6)32(49)45-30(23(7)46)36(53)43-28(37(54)55)17-19(2)3/h12-15,19-23,26-30,46-47H,8-11,16-18,38-39H2,1-7H3,(H,40,50)(H,41,51)(H,42,52)(H,43,53)(H,44,48)(H,45,49)(H,54,55)/t20-,21-,22-,23+,26-,27-,28-,29-,30-/m0/s1. The maximum atomic E-state index is 13.9. The van der Waals surface area contributed by atoms with Gasteiger partial charge in [0.25, 0.3) is 0 Å². The Morgan fingerprint density at radius 1 is 0.673 bits per heavy atom. The predicted molar refractivity (Wildman–Crippen MR) is 204 cm³/mol. The van der Waals surface area contributed by atoms with Crippen molar-refractivity contribution in [1.29, 1.82) is 0 Å². The lowest BCUT2D eigenvalue weighted by atomic mass is 9.96. The molecule has 0 saturated heterocycles. The van der Waals surface area contributed by atoms with E-state index in [9.17, 15) is 48.9 Å². The maximum Gasteiger partial charge on any atom is 0.326 e. The predicted octanol–water partition coefficient (Wildman–Crippen LogP) is -1.10. The third-order valence-corrected chi connectivity index (χ3v) is 8.93. The van der Waals surface area contributed by atoms with Gasteiger partial charge in [-0.25, -0.2) is 4.79 Å². The third kappa shape index (κ3) is 17.0. The van der Waals surface area contributed by atoms with Crippen LogP contribution in [0, 0.1) is 11.8 Å². The number of hydrogen-bond donors (Lipinski definition) is 11. The number of phenolic OH excluding ortho intramolecular Hbond substituents is 1. The van der Waals surface area contributed by atoms with Crippen molar-refractivity contribution in [2.24, 2.45) is 23.3 Å². The molecular weight excluding hydrogens is 716 g/mol. The summed E-state index contributed by atoms with van der Waals surface area (Å²) in [5.74, 6) is -6.29. The minimum absolute atomic E-state index is 0.0185. The number of hydrogen-bond acceptors (Lipinski definition) is 11. The average Bonchev–Trinajstić information content (AvgIpc) is 3.11. The number of nitrogens with two attached hydrogens (primary N) is 2. The van der Waals surface area contributed by atoms with E-state index in [1.165, 1.54) is 32.9 Å². The Balaban J connectivity index is 3.29. The number of aliphatic carboxylic acids is 1. The molecule has 1 aromatic carbocycles. The van der Waals surface area contributed by atoms with Gasteiger partial charge in [-0.1, -0.05) is 46.2 Å². The summed E-state index contributed by atoms with van der Waals surface area (Å²) in [6, 6.07) is -2.60. The van der Waals surface area contributed by atoms with Gasteiger partial charge in [-0.05, 0) is 82.5 Å². The van der Waals surface area contributed by atoms with E-state index in [4.69, 9.17) is 11.5 Å². The number of unbranched alkanes of at least 4 members (excludes halogenated alkanes) is 1. The molecule has 310 valence electrons. The number of phenols is 1. The van der Waals surface area contributed by atoms with E-state index in [0.29, 0.717) is 31.4 Å². The first-order valence-corrected chi connectivity index (χ1v) is 18.7. The van der Waals surface area contributed by atoms with Crippen LogP contribution in [0.3, 0.4) is 0 Å². The molecule has 0 unspecified atom stereocenters. The number of carbonyl (C=O) groups is 7. The molecule has 1 aromatic rings. The Bertz CT molecular complexity index is 1440. The molecule has 0 saturated carbocycles. The fourth-order valence-electron chi connectivity index (χ4n) is 5.38. The van der Waals surface area contributed by atoms with Gasteiger partial charge in [-0.2, -0.15) is 0 Å². The molecule has 0 fully saturated rings. The van der Waals surface area contributed by atoms with E-state index in [1.807, 2.05) is 6.92 Å². The first-order valence-electron chi connectivity index (χ1n) is 18.7. The number of carboxylic acids is 1. The Morgan fingerprint density at radius 3 is 1.71 bits per heavy atom. The minimum atomic E-state index is -1.55. The SMILES string of the molecule is CC[C@H](C)[C@H](NC(=O)[C@H](C)N)C(=O)N[C@@H](Cc1ccc(O)cc1)C(=O)N[C@@H](CCCCN)C(=O)N[C@@H](C)C(=O)N[C@H](C(=O)N[C@@H](CC(C)C)C(=O)O)[C@@H](C)O. The number of benzene rings is 1.